The van der Waals surface area contributed by atoms with E-state index in [0.717, 1.165) is 43.9 Å². The fourth-order valence-corrected chi connectivity index (χ4v) is 2.96. The zero-order valence-corrected chi connectivity index (χ0v) is 14.1. The number of carbonyl (C=O) groups is 1. The van der Waals surface area contributed by atoms with E-state index in [4.69, 9.17) is 4.74 Å². The maximum Gasteiger partial charge on any atom is 0.277 e. The Bertz CT molecular complexity index is 644. The average molecular weight is 351 g/mol. The number of rotatable bonds is 6. The number of non-ortho nitro benzene ring substituents is 2. The average Bonchev–Trinajstić information content (AvgIpc) is 2.55. The second-order valence-corrected chi connectivity index (χ2v) is 6.34. The Hall–Kier alpha value is -2.55. The first-order chi connectivity index (χ1) is 11.8. The summed E-state index contributed by atoms with van der Waals surface area (Å²) in [6.45, 7) is 3.83. The zero-order valence-electron chi connectivity index (χ0n) is 14.1. The van der Waals surface area contributed by atoms with Gasteiger partial charge in [-0.15, -0.1) is 0 Å². The van der Waals surface area contributed by atoms with Gasteiger partial charge in [-0.25, -0.2) is 0 Å². The summed E-state index contributed by atoms with van der Waals surface area (Å²) in [6.07, 6.45) is 3.38. The number of benzene rings is 1. The molecule has 0 aromatic heterocycles. The number of nitro benzene ring substituents is 2. The molecular formula is C16H21N3O6. The van der Waals surface area contributed by atoms with E-state index in [-0.39, 0.29) is 23.8 Å². The summed E-state index contributed by atoms with van der Waals surface area (Å²) >= 11 is 0. The number of carbonyl (C=O) groups excluding carboxylic acids is 1. The normalized spacial score (nSPS) is 20.3. The number of nitro groups is 2. The van der Waals surface area contributed by atoms with Gasteiger partial charge in [0, 0.05) is 12.1 Å². The van der Waals surface area contributed by atoms with E-state index >= 15 is 0 Å². The van der Waals surface area contributed by atoms with Gasteiger partial charge in [-0.3, -0.25) is 25.0 Å². The van der Waals surface area contributed by atoms with E-state index in [2.05, 4.69) is 5.32 Å². The third kappa shape index (κ3) is 4.96. The molecule has 1 fully saturated rings. The molecule has 136 valence electrons. The first kappa shape index (κ1) is 18.8. The smallest absolute Gasteiger partial charge is 0.277 e. The zero-order chi connectivity index (χ0) is 18.6. The minimum atomic E-state index is -0.755. The number of amides is 1. The first-order valence-electron chi connectivity index (χ1n) is 8.18. The Kier molecular flexibility index (Phi) is 6.02. The van der Waals surface area contributed by atoms with Crippen molar-refractivity contribution in [2.75, 3.05) is 0 Å². The molecule has 1 N–H and O–H groups in total. The molecule has 2 rings (SSSR count). The van der Waals surface area contributed by atoms with Crippen LogP contribution < -0.4 is 5.32 Å². The summed E-state index contributed by atoms with van der Waals surface area (Å²) < 4.78 is 5.83. The number of nitrogens with zero attached hydrogens (tertiary/aromatic N) is 2. The Morgan fingerprint density at radius 1 is 1.12 bits per heavy atom. The van der Waals surface area contributed by atoms with Crippen LogP contribution in [-0.2, 0) is 4.74 Å². The summed E-state index contributed by atoms with van der Waals surface area (Å²) in [7, 11) is 0. The highest BCUT2D eigenvalue weighted by Crippen LogP contribution is 2.25. The molecule has 9 nitrogen and oxygen atoms in total. The van der Waals surface area contributed by atoms with Crippen molar-refractivity contribution in [3.05, 3.63) is 44.0 Å². The van der Waals surface area contributed by atoms with Gasteiger partial charge in [-0.05, 0) is 26.7 Å². The molecule has 0 radical (unpaired) electrons. The third-order valence-corrected chi connectivity index (χ3v) is 4.05. The van der Waals surface area contributed by atoms with Crippen LogP contribution in [0, 0.1) is 20.2 Å². The Balaban J connectivity index is 2.21. The first-order valence-corrected chi connectivity index (χ1v) is 8.18. The van der Waals surface area contributed by atoms with Gasteiger partial charge in [0.05, 0.1) is 39.7 Å². The van der Waals surface area contributed by atoms with E-state index in [1.54, 1.807) is 0 Å². The molecule has 1 saturated carbocycles. The molecule has 0 saturated heterocycles. The molecule has 25 heavy (non-hydrogen) atoms. The van der Waals surface area contributed by atoms with Gasteiger partial charge in [0.2, 0.25) is 0 Å². The molecule has 1 aromatic carbocycles. The standard InChI is InChI=1S/C16H21N3O6/c1-10(2)25-15-6-4-3-5-14(15)17-16(20)11-7-12(18(21)22)9-13(8-11)19(23)24/h7-10,14-15H,3-6H2,1-2H3,(H,17,20)/t14-,15-/m0/s1. The van der Waals surface area contributed by atoms with Crippen LogP contribution in [0.2, 0.25) is 0 Å². The minimum Gasteiger partial charge on any atom is -0.373 e. The number of ether oxygens (including phenoxy) is 1. The molecule has 0 aliphatic heterocycles. The van der Waals surface area contributed by atoms with Crippen molar-refractivity contribution in [1.29, 1.82) is 0 Å². The van der Waals surface area contributed by atoms with Crippen LogP contribution in [0.3, 0.4) is 0 Å². The summed E-state index contributed by atoms with van der Waals surface area (Å²) in [5.41, 5.74) is -1.08. The van der Waals surface area contributed by atoms with Crippen LogP contribution in [0.5, 0.6) is 0 Å². The van der Waals surface area contributed by atoms with Crippen molar-refractivity contribution in [2.45, 2.75) is 57.8 Å². The lowest BCUT2D eigenvalue weighted by molar-refractivity contribution is -0.394. The van der Waals surface area contributed by atoms with E-state index < -0.39 is 27.1 Å². The summed E-state index contributed by atoms with van der Waals surface area (Å²) in [4.78, 5) is 32.9. The van der Waals surface area contributed by atoms with Crippen molar-refractivity contribution >= 4 is 17.3 Å². The minimum absolute atomic E-state index is 0.0152. The van der Waals surface area contributed by atoms with E-state index in [1.807, 2.05) is 13.8 Å². The molecular weight excluding hydrogens is 330 g/mol. The lowest BCUT2D eigenvalue weighted by atomic mass is 9.92. The maximum absolute atomic E-state index is 12.5. The predicted molar refractivity (Wildman–Crippen MR) is 89.5 cm³/mol. The molecule has 1 aliphatic rings. The van der Waals surface area contributed by atoms with Gasteiger partial charge in [0.1, 0.15) is 0 Å². The monoisotopic (exact) mass is 351 g/mol. The van der Waals surface area contributed by atoms with Crippen molar-refractivity contribution in [3.8, 4) is 0 Å². The fraction of sp³-hybridized carbons (Fsp3) is 0.562. The van der Waals surface area contributed by atoms with Gasteiger partial charge < -0.3 is 10.1 Å². The highest BCUT2D eigenvalue weighted by molar-refractivity contribution is 5.95. The highest BCUT2D eigenvalue weighted by atomic mass is 16.6. The maximum atomic E-state index is 12.5. The molecule has 1 amide bonds. The van der Waals surface area contributed by atoms with E-state index in [9.17, 15) is 25.0 Å². The summed E-state index contributed by atoms with van der Waals surface area (Å²) in [5.74, 6) is -0.573. The van der Waals surface area contributed by atoms with Crippen LogP contribution in [0.25, 0.3) is 0 Å². The number of hydrogen-bond donors (Lipinski definition) is 1. The fourth-order valence-electron chi connectivity index (χ4n) is 2.96. The van der Waals surface area contributed by atoms with Gasteiger partial charge in [-0.2, -0.15) is 0 Å². The van der Waals surface area contributed by atoms with Gasteiger partial charge in [0.25, 0.3) is 17.3 Å². The predicted octanol–water partition coefficient (Wildman–Crippen LogP) is 2.97. The molecule has 0 spiro atoms. The molecule has 2 atom stereocenters. The summed E-state index contributed by atoms with van der Waals surface area (Å²) in [6, 6.07) is 2.71. The van der Waals surface area contributed by atoms with Crippen molar-refractivity contribution in [3.63, 3.8) is 0 Å². The van der Waals surface area contributed by atoms with Crippen LogP contribution in [-0.4, -0.2) is 34.0 Å². The topological polar surface area (TPSA) is 125 Å². The molecule has 1 aliphatic carbocycles. The molecule has 0 unspecified atom stereocenters. The van der Waals surface area contributed by atoms with Gasteiger partial charge >= 0.3 is 0 Å². The summed E-state index contributed by atoms with van der Waals surface area (Å²) in [5, 5.41) is 24.7. The quantitative estimate of drug-likeness (QED) is 0.620. The molecule has 0 heterocycles. The lowest BCUT2D eigenvalue weighted by Gasteiger charge is -2.33. The second-order valence-electron chi connectivity index (χ2n) is 6.34. The molecule has 9 heteroatoms. The van der Waals surface area contributed by atoms with Crippen LogP contribution >= 0.6 is 0 Å². The Labute approximate surface area is 144 Å². The number of hydrogen-bond acceptors (Lipinski definition) is 6. The third-order valence-electron chi connectivity index (χ3n) is 4.05. The van der Waals surface area contributed by atoms with Crippen LogP contribution in [0.1, 0.15) is 49.9 Å². The lowest BCUT2D eigenvalue weighted by Crippen LogP contribution is -2.47. The SMILES string of the molecule is CC(C)O[C@H]1CCCC[C@@H]1NC(=O)c1cc([N+](=O)[O-])cc([N+](=O)[O-])c1. The molecule has 0 bridgehead atoms. The van der Waals surface area contributed by atoms with Crippen molar-refractivity contribution < 1.29 is 19.4 Å². The van der Waals surface area contributed by atoms with Crippen molar-refractivity contribution in [1.82, 2.24) is 5.32 Å². The van der Waals surface area contributed by atoms with Gasteiger partial charge in [-0.1, -0.05) is 12.8 Å². The van der Waals surface area contributed by atoms with E-state index in [0.29, 0.717) is 0 Å². The van der Waals surface area contributed by atoms with Gasteiger partial charge in [0.15, 0.2) is 0 Å². The van der Waals surface area contributed by atoms with E-state index in [1.165, 1.54) is 0 Å². The number of nitrogens with one attached hydrogen (secondary N) is 1. The van der Waals surface area contributed by atoms with Crippen LogP contribution in [0.4, 0.5) is 11.4 Å². The molecule has 1 aromatic rings. The van der Waals surface area contributed by atoms with Crippen molar-refractivity contribution in [2.24, 2.45) is 0 Å². The Morgan fingerprint density at radius 3 is 2.20 bits per heavy atom. The Morgan fingerprint density at radius 2 is 1.68 bits per heavy atom. The highest BCUT2D eigenvalue weighted by Gasteiger charge is 2.29. The van der Waals surface area contributed by atoms with Crippen LogP contribution in [0.15, 0.2) is 18.2 Å². The second kappa shape index (κ2) is 8.02. The largest absolute Gasteiger partial charge is 0.373 e.